The lowest BCUT2D eigenvalue weighted by Gasteiger charge is -2.27. The molecule has 0 spiro atoms. The molecule has 0 saturated carbocycles. The van der Waals surface area contributed by atoms with Gasteiger partial charge in [-0.25, -0.2) is 0 Å². The molecule has 2 aliphatic heterocycles. The van der Waals surface area contributed by atoms with Crippen molar-refractivity contribution in [2.75, 3.05) is 11.9 Å². The van der Waals surface area contributed by atoms with Gasteiger partial charge >= 0.3 is 0 Å². The quantitative estimate of drug-likeness (QED) is 0.275. The fourth-order valence-corrected chi connectivity index (χ4v) is 7.37. The lowest BCUT2D eigenvalue weighted by atomic mass is 9.81. The summed E-state index contributed by atoms with van der Waals surface area (Å²) in [6.45, 7) is 12.3. The van der Waals surface area contributed by atoms with Gasteiger partial charge in [-0.1, -0.05) is 104 Å². The van der Waals surface area contributed by atoms with Crippen LogP contribution in [0.25, 0.3) is 0 Å². The van der Waals surface area contributed by atoms with Gasteiger partial charge in [0.2, 0.25) is 5.69 Å². The fraction of sp³-hybridized carbons (Fsp3) is 0.308. The second-order valence-corrected chi connectivity index (χ2v) is 13.4. The van der Waals surface area contributed by atoms with Crippen LogP contribution in [0.2, 0.25) is 0 Å². The topological polar surface area (TPSA) is 6.25 Å². The van der Waals surface area contributed by atoms with E-state index in [1.807, 2.05) is 0 Å². The van der Waals surface area contributed by atoms with Crippen LogP contribution in [-0.4, -0.2) is 17.3 Å². The molecular formula is C39H42ClN2+. The molecule has 3 aromatic carbocycles. The molecule has 0 fully saturated rings. The number of para-hydroxylation sites is 2. The van der Waals surface area contributed by atoms with E-state index in [0.29, 0.717) is 0 Å². The van der Waals surface area contributed by atoms with Crippen molar-refractivity contribution in [1.29, 1.82) is 0 Å². The standard InChI is InChI=1S/C39H42ClN2/c1-27-18-20-28(21-19-27)26-42-34-17-10-8-15-32(34)39(4,5)36(42)25-23-30-13-11-12-29(37(30)40)22-24-35-38(2,3)31-14-7-9-16-33(31)41(35)6/h7-10,14-25H,11-13,26H2,1-6H3/q+1. The van der Waals surface area contributed by atoms with Gasteiger partial charge in [0.25, 0.3) is 0 Å². The van der Waals surface area contributed by atoms with E-state index in [9.17, 15) is 0 Å². The molecule has 0 aromatic heterocycles. The summed E-state index contributed by atoms with van der Waals surface area (Å²) < 4.78 is 2.33. The van der Waals surface area contributed by atoms with E-state index in [0.717, 1.165) is 30.8 Å². The van der Waals surface area contributed by atoms with Crippen LogP contribution >= 0.6 is 11.6 Å². The molecule has 42 heavy (non-hydrogen) atoms. The van der Waals surface area contributed by atoms with Crippen LogP contribution in [0.15, 0.2) is 119 Å². The van der Waals surface area contributed by atoms with Crippen molar-refractivity contribution in [2.24, 2.45) is 0 Å². The van der Waals surface area contributed by atoms with E-state index < -0.39 is 0 Å². The van der Waals surface area contributed by atoms with Crippen LogP contribution in [0.1, 0.15) is 69.2 Å². The second-order valence-electron chi connectivity index (χ2n) is 13.1. The minimum atomic E-state index is -0.101. The first kappa shape index (κ1) is 28.5. The normalized spacial score (nSPS) is 21.2. The molecule has 0 unspecified atom stereocenters. The molecule has 1 aliphatic carbocycles. The largest absolute Gasteiger partial charge is 0.340 e. The van der Waals surface area contributed by atoms with E-state index in [-0.39, 0.29) is 10.8 Å². The third-order valence-electron chi connectivity index (χ3n) is 9.54. The van der Waals surface area contributed by atoms with E-state index in [1.165, 1.54) is 56.2 Å². The average Bonchev–Trinajstić information content (AvgIpc) is 3.31. The van der Waals surface area contributed by atoms with Crippen molar-refractivity contribution >= 4 is 28.7 Å². The SMILES string of the molecule is Cc1ccc(CN2/C(=C/C=C3\CCCC(/C=C/C4=[N+](C)c5ccccc5C4(C)C)=C3Cl)C(C)(C)c3ccccc32)cc1. The summed E-state index contributed by atoms with van der Waals surface area (Å²) in [6.07, 6.45) is 12.3. The zero-order valence-electron chi connectivity index (χ0n) is 25.8. The molecule has 214 valence electrons. The number of nitrogens with zero attached hydrogens (tertiary/aromatic N) is 2. The van der Waals surface area contributed by atoms with Crippen molar-refractivity contribution in [3.05, 3.63) is 141 Å². The maximum atomic E-state index is 7.15. The number of anilines is 1. The minimum Gasteiger partial charge on any atom is -0.340 e. The van der Waals surface area contributed by atoms with Crippen LogP contribution in [0.4, 0.5) is 11.4 Å². The maximum Gasteiger partial charge on any atom is 0.209 e. The van der Waals surface area contributed by atoms with Gasteiger partial charge in [-0.3, -0.25) is 0 Å². The van der Waals surface area contributed by atoms with Crippen molar-refractivity contribution in [2.45, 2.75) is 71.3 Å². The molecule has 2 nitrogen and oxygen atoms in total. The number of hydrogen-bond acceptors (Lipinski definition) is 1. The highest BCUT2D eigenvalue weighted by Crippen LogP contribution is 2.48. The van der Waals surface area contributed by atoms with E-state index in [1.54, 1.807) is 0 Å². The molecule has 3 aliphatic rings. The van der Waals surface area contributed by atoms with Crippen molar-refractivity contribution < 1.29 is 4.58 Å². The molecule has 0 radical (unpaired) electrons. The predicted molar refractivity (Wildman–Crippen MR) is 179 cm³/mol. The smallest absolute Gasteiger partial charge is 0.209 e. The Bertz CT molecular complexity index is 1690. The third kappa shape index (κ3) is 4.90. The molecule has 2 heterocycles. The molecule has 0 N–H and O–H groups in total. The average molecular weight is 574 g/mol. The number of hydrogen-bond donors (Lipinski definition) is 0. The van der Waals surface area contributed by atoms with Crippen LogP contribution in [-0.2, 0) is 17.4 Å². The fourth-order valence-electron chi connectivity index (χ4n) is 7.06. The number of aryl methyl sites for hydroxylation is 1. The Morgan fingerprint density at radius 3 is 2.24 bits per heavy atom. The summed E-state index contributed by atoms with van der Waals surface area (Å²) in [5.74, 6) is 0. The molecule has 0 saturated heterocycles. The zero-order chi connectivity index (χ0) is 29.6. The van der Waals surface area contributed by atoms with Crippen molar-refractivity contribution in [3.8, 4) is 0 Å². The summed E-state index contributed by atoms with van der Waals surface area (Å²) in [6, 6.07) is 26.5. The first-order valence-electron chi connectivity index (χ1n) is 15.2. The molecule has 6 rings (SSSR count). The minimum absolute atomic E-state index is 0.0450. The predicted octanol–water partition coefficient (Wildman–Crippen LogP) is 10.0. The molecule has 0 amide bonds. The maximum absolute atomic E-state index is 7.15. The Morgan fingerprint density at radius 2 is 1.50 bits per heavy atom. The van der Waals surface area contributed by atoms with Gasteiger partial charge in [-0.15, -0.1) is 0 Å². The van der Waals surface area contributed by atoms with Crippen LogP contribution in [0.5, 0.6) is 0 Å². The number of rotatable bonds is 5. The van der Waals surface area contributed by atoms with Gasteiger partial charge in [-0.2, -0.15) is 4.58 Å². The number of halogens is 1. The number of allylic oxidation sites excluding steroid dienone is 8. The zero-order valence-corrected chi connectivity index (χ0v) is 26.6. The van der Waals surface area contributed by atoms with Gasteiger partial charge in [0.05, 0.1) is 5.41 Å². The second kappa shape index (κ2) is 10.9. The van der Waals surface area contributed by atoms with Crippen LogP contribution in [0.3, 0.4) is 0 Å². The Labute approximate surface area is 257 Å². The van der Waals surface area contributed by atoms with Gasteiger partial charge in [-0.05, 0) is 74.4 Å². The first-order chi connectivity index (χ1) is 20.1. The van der Waals surface area contributed by atoms with Crippen molar-refractivity contribution in [3.63, 3.8) is 0 Å². The summed E-state index contributed by atoms with van der Waals surface area (Å²) in [5.41, 5.74) is 12.8. The van der Waals surface area contributed by atoms with E-state index >= 15 is 0 Å². The lowest BCUT2D eigenvalue weighted by molar-refractivity contribution is -0.401. The first-order valence-corrected chi connectivity index (χ1v) is 15.6. The Balaban J connectivity index is 1.33. The third-order valence-corrected chi connectivity index (χ3v) is 10.0. The van der Waals surface area contributed by atoms with Gasteiger partial charge in [0.1, 0.15) is 7.05 Å². The Kier molecular flexibility index (Phi) is 7.39. The number of benzene rings is 3. The monoisotopic (exact) mass is 573 g/mol. The molecule has 3 aromatic rings. The lowest BCUT2D eigenvalue weighted by Crippen LogP contribution is -2.26. The van der Waals surface area contributed by atoms with Crippen molar-refractivity contribution in [1.82, 2.24) is 0 Å². The van der Waals surface area contributed by atoms with Crippen LogP contribution < -0.4 is 4.90 Å². The Hall–Kier alpha value is -3.62. The number of fused-ring (bicyclic) bond motifs is 2. The summed E-state index contributed by atoms with van der Waals surface area (Å²) in [7, 11) is 2.17. The van der Waals surface area contributed by atoms with Gasteiger partial charge in [0.15, 0.2) is 5.71 Å². The highest BCUT2D eigenvalue weighted by molar-refractivity contribution is 6.32. The highest BCUT2D eigenvalue weighted by Gasteiger charge is 2.43. The van der Waals surface area contributed by atoms with Gasteiger partial charge < -0.3 is 4.90 Å². The molecular weight excluding hydrogens is 532 g/mol. The highest BCUT2D eigenvalue weighted by atomic mass is 35.5. The van der Waals surface area contributed by atoms with E-state index in [4.69, 9.17) is 11.6 Å². The summed E-state index contributed by atoms with van der Waals surface area (Å²) in [5, 5.41) is 0.907. The summed E-state index contributed by atoms with van der Waals surface area (Å²) >= 11 is 7.15. The summed E-state index contributed by atoms with van der Waals surface area (Å²) in [4.78, 5) is 2.49. The molecule has 0 bridgehead atoms. The Morgan fingerprint density at radius 1 is 0.810 bits per heavy atom. The van der Waals surface area contributed by atoms with Gasteiger partial charge in [0, 0.05) is 46.1 Å². The molecule has 3 heteroatoms. The van der Waals surface area contributed by atoms with E-state index in [2.05, 4.69) is 148 Å². The molecule has 0 atom stereocenters. The van der Waals surface area contributed by atoms with Crippen LogP contribution in [0, 0.1) is 6.92 Å².